The Kier molecular flexibility index (Phi) is 7.83. The van der Waals surface area contributed by atoms with Gasteiger partial charge in [0.15, 0.2) is 0 Å². The molecular weight excluding hydrogens is 469 g/mol. The van der Waals surface area contributed by atoms with Gasteiger partial charge in [-0.25, -0.2) is 4.98 Å². The van der Waals surface area contributed by atoms with Gasteiger partial charge in [-0.1, -0.05) is 23.7 Å². The molecular formula is C24H28ClF3N4O2. The minimum atomic E-state index is -4.39. The third kappa shape index (κ3) is 6.13. The minimum absolute atomic E-state index is 0.0548. The Hall–Kier alpha value is -2.52. The molecule has 0 unspecified atom stereocenters. The van der Waals surface area contributed by atoms with Crippen molar-refractivity contribution in [3.63, 3.8) is 0 Å². The standard InChI is InChI=1S/C24H28ClF3N4O2/c25-20-3-1-2-4-21(20)34-16-15-30-11-13-32(14-12-30)23(33)18-7-9-31(10-8-18)22-6-5-19(17-29-22)24(26,27)28/h1-6,17-18H,7-16H2. The van der Waals surface area contributed by atoms with Gasteiger partial charge < -0.3 is 14.5 Å². The lowest BCUT2D eigenvalue weighted by molar-refractivity contribution is -0.138. The van der Waals surface area contributed by atoms with Crippen LogP contribution in [0, 0.1) is 5.92 Å². The van der Waals surface area contributed by atoms with Crippen LogP contribution >= 0.6 is 11.6 Å². The molecule has 2 aliphatic heterocycles. The second-order valence-corrected chi connectivity index (χ2v) is 9.02. The molecule has 1 aromatic carbocycles. The first-order valence-electron chi connectivity index (χ1n) is 11.5. The smallest absolute Gasteiger partial charge is 0.417 e. The number of hydrogen-bond donors (Lipinski definition) is 0. The molecule has 6 nitrogen and oxygen atoms in total. The van der Waals surface area contributed by atoms with E-state index < -0.39 is 11.7 Å². The number of ether oxygens (including phenoxy) is 1. The average Bonchev–Trinajstić information content (AvgIpc) is 2.85. The Morgan fingerprint density at radius 1 is 1.03 bits per heavy atom. The highest BCUT2D eigenvalue weighted by atomic mass is 35.5. The first-order chi connectivity index (χ1) is 16.3. The number of amides is 1. The molecule has 0 radical (unpaired) electrons. The number of anilines is 1. The highest BCUT2D eigenvalue weighted by Gasteiger charge is 2.33. The van der Waals surface area contributed by atoms with Gasteiger partial charge in [-0.05, 0) is 37.1 Å². The summed E-state index contributed by atoms with van der Waals surface area (Å²) in [5.41, 5.74) is -0.754. The Morgan fingerprint density at radius 2 is 1.74 bits per heavy atom. The Bertz CT molecular complexity index is 957. The number of halogens is 4. The van der Waals surface area contributed by atoms with E-state index in [4.69, 9.17) is 16.3 Å². The number of alkyl halides is 3. The molecule has 2 aliphatic rings. The summed E-state index contributed by atoms with van der Waals surface area (Å²) in [5, 5.41) is 0.595. The van der Waals surface area contributed by atoms with E-state index in [0.29, 0.717) is 62.2 Å². The number of rotatable bonds is 6. The molecule has 0 bridgehead atoms. The van der Waals surface area contributed by atoms with Gasteiger partial charge >= 0.3 is 6.18 Å². The van der Waals surface area contributed by atoms with Crippen molar-refractivity contribution in [2.24, 2.45) is 5.92 Å². The minimum Gasteiger partial charge on any atom is -0.491 e. The van der Waals surface area contributed by atoms with Crippen molar-refractivity contribution in [2.75, 3.05) is 57.3 Å². The van der Waals surface area contributed by atoms with Crippen LogP contribution in [-0.2, 0) is 11.0 Å². The first kappa shape index (κ1) is 24.6. The van der Waals surface area contributed by atoms with Gasteiger partial charge in [0, 0.05) is 57.9 Å². The highest BCUT2D eigenvalue weighted by molar-refractivity contribution is 6.32. The van der Waals surface area contributed by atoms with Crippen LogP contribution in [0.25, 0.3) is 0 Å². The van der Waals surface area contributed by atoms with E-state index in [1.54, 1.807) is 6.07 Å². The molecule has 2 fully saturated rings. The number of para-hydroxylation sites is 1. The number of hydrogen-bond acceptors (Lipinski definition) is 5. The number of carbonyl (C=O) groups excluding carboxylic acids is 1. The maximum absolute atomic E-state index is 13.0. The quantitative estimate of drug-likeness (QED) is 0.600. The summed E-state index contributed by atoms with van der Waals surface area (Å²) in [6.45, 7) is 5.48. The van der Waals surface area contributed by atoms with Crippen molar-refractivity contribution < 1.29 is 22.7 Å². The maximum Gasteiger partial charge on any atom is 0.417 e. The van der Waals surface area contributed by atoms with Gasteiger partial charge in [-0.3, -0.25) is 9.69 Å². The van der Waals surface area contributed by atoms with Crippen LogP contribution < -0.4 is 9.64 Å². The van der Waals surface area contributed by atoms with Crippen LogP contribution in [0.2, 0.25) is 5.02 Å². The van der Waals surface area contributed by atoms with Gasteiger partial charge in [0.1, 0.15) is 18.2 Å². The lowest BCUT2D eigenvalue weighted by Gasteiger charge is -2.38. The lowest BCUT2D eigenvalue weighted by atomic mass is 9.95. The SMILES string of the molecule is O=C(C1CCN(c2ccc(C(F)(F)F)cn2)CC1)N1CCN(CCOc2ccccc2Cl)CC1. The number of aromatic nitrogens is 1. The summed E-state index contributed by atoms with van der Waals surface area (Å²) in [6.07, 6.45) is -2.18. The predicted molar refractivity (Wildman–Crippen MR) is 124 cm³/mol. The fourth-order valence-electron chi connectivity index (χ4n) is 4.39. The van der Waals surface area contributed by atoms with Gasteiger partial charge in [-0.15, -0.1) is 0 Å². The summed E-state index contributed by atoms with van der Waals surface area (Å²) in [7, 11) is 0. The van der Waals surface area contributed by atoms with Crippen LogP contribution in [0.3, 0.4) is 0 Å². The molecule has 0 N–H and O–H groups in total. The van der Waals surface area contributed by atoms with Gasteiger partial charge in [0.05, 0.1) is 10.6 Å². The summed E-state index contributed by atoms with van der Waals surface area (Å²) in [5.74, 6) is 1.31. The third-order valence-electron chi connectivity index (χ3n) is 6.43. The van der Waals surface area contributed by atoms with E-state index in [1.807, 2.05) is 28.0 Å². The molecule has 4 rings (SSSR count). The number of benzene rings is 1. The normalized spacial score (nSPS) is 18.2. The maximum atomic E-state index is 13.0. The fourth-order valence-corrected chi connectivity index (χ4v) is 4.58. The first-order valence-corrected chi connectivity index (χ1v) is 11.9. The molecule has 10 heteroatoms. The van der Waals surface area contributed by atoms with Crippen LogP contribution in [0.4, 0.5) is 19.0 Å². The second kappa shape index (κ2) is 10.8. The van der Waals surface area contributed by atoms with Crippen molar-refractivity contribution in [3.8, 4) is 5.75 Å². The average molecular weight is 497 g/mol. The topological polar surface area (TPSA) is 48.9 Å². The van der Waals surface area contributed by atoms with Crippen LogP contribution in [-0.4, -0.2) is 73.1 Å². The van der Waals surface area contributed by atoms with E-state index in [9.17, 15) is 18.0 Å². The lowest BCUT2D eigenvalue weighted by Crippen LogP contribution is -2.52. The molecule has 2 aromatic rings. The molecule has 0 aliphatic carbocycles. The molecule has 1 amide bonds. The van der Waals surface area contributed by atoms with Crippen molar-refractivity contribution in [1.29, 1.82) is 0 Å². The summed E-state index contributed by atoms with van der Waals surface area (Å²) < 4.78 is 44.0. The summed E-state index contributed by atoms with van der Waals surface area (Å²) in [4.78, 5) is 23.1. The largest absolute Gasteiger partial charge is 0.491 e. The zero-order chi connectivity index (χ0) is 24.1. The van der Waals surface area contributed by atoms with Crippen molar-refractivity contribution >= 4 is 23.3 Å². The van der Waals surface area contributed by atoms with Crippen molar-refractivity contribution in [2.45, 2.75) is 19.0 Å². The van der Waals surface area contributed by atoms with Crippen LogP contribution in [0.15, 0.2) is 42.6 Å². The molecule has 0 spiro atoms. The van der Waals surface area contributed by atoms with Gasteiger partial charge in [0.2, 0.25) is 5.91 Å². The fraction of sp³-hybridized carbons (Fsp3) is 0.500. The molecule has 34 heavy (non-hydrogen) atoms. The molecule has 0 atom stereocenters. The Morgan fingerprint density at radius 3 is 2.35 bits per heavy atom. The molecule has 2 saturated heterocycles. The number of carbonyl (C=O) groups is 1. The summed E-state index contributed by atoms with van der Waals surface area (Å²) >= 11 is 6.11. The monoisotopic (exact) mass is 496 g/mol. The van der Waals surface area contributed by atoms with Gasteiger partial charge in [0.25, 0.3) is 0 Å². The predicted octanol–water partition coefficient (Wildman–Crippen LogP) is 4.19. The molecule has 184 valence electrons. The van der Waals surface area contributed by atoms with Crippen molar-refractivity contribution in [1.82, 2.24) is 14.8 Å². The number of nitrogens with zero attached hydrogens (tertiary/aromatic N) is 4. The van der Waals surface area contributed by atoms with Crippen molar-refractivity contribution in [3.05, 3.63) is 53.2 Å². The van der Waals surface area contributed by atoms with E-state index in [-0.39, 0.29) is 11.8 Å². The van der Waals surface area contributed by atoms with E-state index in [0.717, 1.165) is 31.9 Å². The second-order valence-electron chi connectivity index (χ2n) is 8.61. The third-order valence-corrected chi connectivity index (χ3v) is 6.74. The number of piperazine rings is 1. The number of pyridine rings is 1. The Balaban J connectivity index is 1.18. The Labute approximate surface area is 202 Å². The van der Waals surface area contributed by atoms with E-state index >= 15 is 0 Å². The van der Waals surface area contributed by atoms with Gasteiger partial charge in [-0.2, -0.15) is 13.2 Å². The van der Waals surface area contributed by atoms with E-state index in [1.165, 1.54) is 6.07 Å². The number of piperidine rings is 1. The van der Waals surface area contributed by atoms with E-state index in [2.05, 4.69) is 9.88 Å². The zero-order valence-corrected chi connectivity index (χ0v) is 19.6. The zero-order valence-electron chi connectivity index (χ0n) is 18.8. The van der Waals surface area contributed by atoms with Crippen LogP contribution in [0.5, 0.6) is 5.75 Å². The van der Waals surface area contributed by atoms with Crippen LogP contribution in [0.1, 0.15) is 18.4 Å². The molecule has 3 heterocycles. The molecule has 0 saturated carbocycles. The summed E-state index contributed by atoms with van der Waals surface area (Å²) in [6, 6.07) is 9.85. The molecule has 1 aromatic heterocycles. The highest BCUT2D eigenvalue weighted by Crippen LogP contribution is 2.30.